The van der Waals surface area contributed by atoms with Gasteiger partial charge in [0.05, 0.1) is 6.67 Å². The van der Waals surface area contributed by atoms with Crippen molar-refractivity contribution < 1.29 is 9.59 Å². The SMILES string of the molecule is O=C(CCCN1CCC2(CC1)C(=O)NCN2c1ccccc1)N(CC1CCCCC1)c1ccccc1. The number of amides is 2. The summed E-state index contributed by atoms with van der Waals surface area (Å²) in [6, 6.07) is 20.5. The molecule has 2 aromatic carbocycles. The molecule has 0 atom stereocenters. The van der Waals surface area contributed by atoms with Crippen molar-refractivity contribution in [1.29, 1.82) is 0 Å². The topological polar surface area (TPSA) is 55.9 Å². The van der Waals surface area contributed by atoms with Gasteiger partial charge in [0.1, 0.15) is 5.54 Å². The van der Waals surface area contributed by atoms with Gasteiger partial charge in [-0.25, -0.2) is 0 Å². The zero-order chi connectivity index (χ0) is 24.8. The van der Waals surface area contributed by atoms with Gasteiger partial charge in [-0.3, -0.25) is 9.59 Å². The Morgan fingerprint density at radius 3 is 2.31 bits per heavy atom. The Morgan fingerprint density at radius 1 is 0.944 bits per heavy atom. The van der Waals surface area contributed by atoms with Gasteiger partial charge in [0, 0.05) is 37.4 Å². The lowest BCUT2D eigenvalue weighted by Crippen LogP contribution is -2.56. The number of para-hydroxylation sites is 2. The molecule has 6 heteroatoms. The van der Waals surface area contributed by atoms with Crippen LogP contribution in [0.1, 0.15) is 57.8 Å². The summed E-state index contributed by atoms with van der Waals surface area (Å²) in [5, 5.41) is 3.08. The number of nitrogens with zero attached hydrogens (tertiary/aromatic N) is 3. The summed E-state index contributed by atoms with van der Waals surface area (Å²) in [4.78, 5) is 33.0. The molecule has 1 saturated carbocycles. The second kappa shape index (κ2) is 11.5. The molecule has 2 saturated heterocycles. The summed E-state index contributed by atoms with van der Waals surface area (Å²) in [7, 11) is 0. The molecule has 2 amide bonds. The molecule has 0 unspecified atom stereocenters. The van der Waals surface area contributed by atoms with Crippen LogP contribution in [0, 0.1) is 5.92 Å². The maximum absolute atomic E-state index is 13.4. The van der Waals surface area contributed by atoms with Gasteiger partial charge in [0.2, 0.25) is 11.8 Å². The fourth-order valence-electron chi connectivity index (χ4n) is 6.36. The lowest BCUT2D eigenvalue weighted by atomic mass is 9.85. The first kappa shape index (κ1) is 24.8. The third-order valence-corrected chi connectivity index (χ3v) is 8.49. The number of hydrogen-bond acceptors (Lipinski definition) is 4. The van der Waals surface area contributed by atoms with Crippen LogP contribution in [-0.4, -0.2) is 55.1 Å². The maximum Gasteiger partial charge on any atom is 0.247 e. The first-order chi connectivity index (χ1) is 17.7. The maximum atomic E-state index is 13.4. The predicted octanol–water partition coefficient (Wildman–Crippen LogP) is 4.81. The summed E-state index contributed by atoms with van der Waals surface area (Å²) in [6.45, 7) is 4.10. The van der Waals surface area contributed by atoms with E-state index in [9.17, 15) is 9.59 Å². The van der Waals surface area contributed by atoms with E-state index in [2.05, 4.69) is 39.4 Å². The fourth-order valence-corrected chi connectivity index (χ4v) is 6.36. The van der Waals surface area contributed by atoms with Gasteiger partial charge < -0.3 is 20.0 Å². The Labute approximate surface area is 215 Å². The molecule has 1 spiro atoms. The number of hydrogen-bond donors (Lipinski definition) is 1. The molecule has 3 aliphatic rings. The van der Waals surface area contributed by atoms with E-state index < -0.39 is 5.54 Å². The van der Waals surface area contributed by atoms with Gasteiger partial charge in [-0.1, -0.05) is 55.7 Å². The summed E-state index contributed by atoms with van der Waals surface area (Å²) in [5.74, 6) is 1.01. The molecule has 5 rings (SSSR count). The minimum Gasteiger partial charge on any atom is -0.339 e. The minimum absolute atomic E-state index is 0.155. The highest BCUT2D eigenvalue weighted by Crippen LogP contribution is 2.36. The standard InChI is InChI=1S/C30H40N4O2/c35-28(33(26-13-6-2-7-14-26)23-25-11-4-1-5-12-25)17-10-20-32-21-18-30(19-22-32)29(36)31-24-34(30)27-15-8-3-9-16-27/h2-3,6-9,13-16,25H,1,4-5,10-12,17-24H2,(H,31,36). The van der Waals surface area contributed by atoms with Gasteiger partial charge >= 0.3 is 0 Å². The number of anilines is 2. The van der Waals surface area contributed by atoms with Crippen molar-refractivity contribution in [2.24, 2.45) is 5.92 Å². The van der Waals surface area contributed by atoms with Crippen LogP contribution in [0.4, 0.5) is 11.4 Å². The summed E-state index contributed by atoms with van der Waals surface area (Å²) < 4.78 is 0. The van der Waals surface area contributed by atoms with E-state index in [0.717, 1.165) is 56.8 Å². The number of benzene rings is 2. The molecule has 0 radical (unpaired) electrons. The minimum atomic E-state index is -0.447. The molecular weight excluding hydrogens is 448 g/mol. The van der Waals surface area contributed by atoms with Crippen LogP contribution in [0.15, 0.2) is 60.7 Å². The van der Waals surface area contributed by atoms with Crippen molar-refractivity contribution in [2.75, 3.05) is 42.6 Å². The highest BCUT2D eigenvalue weighted by Gasteiger charge is 2.50. The fraction of sp³-hybridized carbons (Fsp3) is 0.533. The van der Waals surface area contributed by atoms with Crippen molar-refractivity contribution >= 4 is 23.2 Å². The van der Waals surface area contributed by atoms with E-state index in [1.807, 2.05) is 41.3 Å². The van der Waals surface area contributed by atoms with Gasteiger partial charge in [-0.05, 0) is 68.8 Å². The van der Waals surface area contributed by atoms with Crippen LogP contribution >= 0.6 is 0 Å². The second-order valence-corrected chi connectivity index (χ2v) is 10.7. The Balaban J connectivity index is 1.14. The van der Waals surface area contributed by atoms with Crippen LogP contribution in [0.5, 0.6) is 0 Å². The molecule has 2 aliphatic heterocycles. The van der Waals surface area contributed by atoms with Crippen molar-refractivity contribution in [3.8, 4) is 0 Å². The molecule has 3 fully saturated rings. The van der Waals surface area contributed by atoms with Gasteiger partial charge in [0.15, 0.2) is 0 Å². The molecule has 6 nitrogen and oxygen atoms in total. The van der Waals surface area contributed by atoms with Crippen LogP contribution < -0.4 is 15.1 Å². The number of carbonyl (C=O) groups is 2. The number of carbonyl (C=O) groups excluding carboxylic acids is 2. The van der Waals surface area contributed by atoms with Gasteiger partial charge in [-0.2, -0.15) is 0 Å². The quantitative estimate of drug-likeness (QED) is 0.580. The molecule has 1 N–H and O–H groups in total. The Kier molecular flexibility index (Phi) is 7.90. The summed E-state index contributed by atoms with van der Waals surface area (Å²) >= 11 is 0. The molecule has 1 aliphatic carbocycles. The van der Waals surface area contributed by atoms with Crippen molar-refractivity contribution in [2.45, 2.75) is 63.3 Å². The van der Waals surface area contributed by atoms with Crippen LogP contribution in [-0.2, 0) is 9.59 Å². The first-order valence-corrected chi connectivity index (χ1v) is 13.8. The monoisotopic (exact) mass is 488 g/mol. The third-order valence-electron chi connectivity index (χ3n) is 8.49. The highest BCUT2D eigenvalue weighted by atomic mass is 16.2. The van der Waals surface area contributed by atoms with E-state index in [0.29, 0.717) is 19.0 Å². The zero-order valence-electron chi connectivity index (χ0n) is 21.4. The summed E-state index contributed by atoms with van der Waals surface area (Å²) in [6.07, 6.45) is 9.44. The predicted molar refractivity (Wildman–Crippen MR) is 145 cm³/mol. The van der Waals surface area contributed by atoms with Crippen molar-refractivity contribution in [3.63, 3.8) is 0 Å². The van der Waals surface area contributed by atoms with E-state index >= 15 is 0 Å². The van der Waals surface area contributed by atoms with E-state index in [4.69, 9.17) is 0 Å². The van der Waals surface area contributed by atoms with Crippen LogP contribution in [0.3, 0.4) is 0 Å². The number of nitrogens with one attached hydrogen (secondary N) is 1. The molecular formula is C30H40N4O2. The largest absolute Gasteiger partial charge is 0.339 e. The Morgan fingerprint density at radius 2 is 1.61 bits per heavy atom. The van der Waals surface area contributed by atoms with E-state index in [1.54, 1.807) is 0 Å². The normalized spacial score (nSPS) is 20.4. The average molecular weight is 489 g/mol. The molecule has 0 aromatic heterocycles. The number of rotatable bonds is 8. The lowest BCUT2D eigenvalue weighted by Gasteiger charge is -2.43. The Hall–Kier alpha value is -2.86. The molecule has 0 bridgehead atoms. The summed E-state index contributed by atoms with van der Waals surface area (Å²) in [5.41, 5.74) is 1.69. The number of piperidine rings is 1. The second-order valence-electron chi connectivity index (χ2n) is 10.7. The van der Waals surface area contributed by atoms with Crippen LogP contribution in [0.2, 0.25) is 0 Å². The van der Waals surface area contributed by atoms with E-state index in [-0.39, 0.29) is 11.8 Å². The van der Waals surface area contributed by atoms with Gasteiger partial charge in [-0.15, -0.1) is 0 Å². The van der Waals surface area contributed by atoms with E-state index in [1.165, 1.54) is 32.1 Å². The van der Waals surface area contributed by atoms with Gasteiger partial charge in [0.25, 0.3) is 0 Å². The van der Waals surface area contributed by atoms with Crippen LogP contribution in [0.25, 0.3) is 0 Å². The number of likely N-dealkylation sites (tertiary alicyclic amines) is 1. The smallest absolute Gasteiger partial charge is 0.247 e. The van der Waals surface area contributed by atoms with Crippen molar-refractivity contribution in [3.05, 3.63) is 60.7 Å². The molecule has 192 valence electrons. The third kappa shape index (κ3) is 5.44. The Bertz CT molecular complexity index is 998. The molecule has 36 heavy (non-hydrogen) atoms. The molecule has 2 heterocycles. The molecule has 2 aromatic rings. The first-order valence-electron chi connectivity index (χ1n) is 13.8. The lowest BCUT2D eigenvalue weighted by molar-refractivity contribution is -0.125. The van der Waals surface area contributed by atoms with Crippen molar-refractivity contribution in [1.82, 2.24) is 10.2 Å². The average Bonchev–Trinajstić information content (AvgIpc) is 3.25. The zero-order valence-corrected chi connectivity index (χ0v) is 21.4. The highest BCUT2D eigenvalue weighted by molar-refractivity contribution is 5.94.